The van der Waals surface area contributed by atoms with E-state index in [0.717, 1.165) is 21.9 Å². The van der Waals surface area contributed by atoms with Crippen LogP contribution in [-0.4, -0.2) is 28.9 Å². The molecule has 1 aliphatic heterocycles. The van der Waals surface area contributed by atoms with Gasteiger partial charge in [0.1, 0.15) is 11.3 Å². The number of allylic oxidation sites excluding steroid dienone is 2. The van der Waals surface area contributed by atoms with Gasteiger partial charge < -0.3 is 4.74 Å². The van der Waals surface area contributed by atoms with Gasteiger partial charge in [-0.25, -0.2) is 0 Å². The highest BCUT2D eigenvalue weighted by atomic mass is 32.1. The summed E-state index contributed by atoms with van der Waals surface area (Å²) in [6.45, 7) is 1.94. The molecule has 4 aromatic rings. The maximum absolute atomic E-state index is 13.9. The topological polar surface area (TPSA) is 49.9 Å². The fraction of sp³-hybridized carbons (Fsp3) is 0.0938. The van der Waals surface area contributed by atoms with Crippen LogP contribution in [0, 0.1) is 0 Å². The third-order valence-electron chi connectivity index (χ3n) is 6.62. The van der Waals surface area contributed by atoms with Crippen LogP contribution in [-0.2, 0) is 9.59 Å². The van der Waals surface area contributed by atoms with Gasteiger partial charge in [0.25, 0.3) is 11.8 Å². The Labute approximate surface area is 227 Å². The summed E-state index contributed by atoms with van der Waals surface area (Å²) in [4.78, 5) is 30.6. The van der Waals surface area contributed by atoms with Gasteiger partial charge in [-0.3, -0.25) is 19.4 Å². The zero-order valence-electron chi connectivity index (χ0n) is 21.1. The Kier molecular flexibility index (Phi) is 7.15. The number of fused-ring (bicyclic) bond motifs is 1. The zero-order valence-corrected chi connectivity index (χ0v) is 21.9. The molecular formula is C32H26N2O3S. The van der Waals surface area contributed by atoms with E-state index < -0.39 is 17.9 Å². The Morgan fingerprint density at radius 1 is 0.816 bits per heavy atom. The maximum Gasteiger partial charge on any atom is 0.270 e. The number of methoxy groups -OCH3 is 1. The van der Waals surface area contributed by atoms with Crippen molar-refractivity contribution in [3.05, 3.63) is 126 Å². The van der Waals surface area contributed by atoms with Gasteiger partial charge in [-0.15, -0.1) is 0 Å². The van der Waals surface area contributed by atoms with Gasteiger partial charge in [0.2, 0.25) is 0 Å². The zero-order chi connectivity index (χ0) is 26.6. The van der Waals surface area contributed by atoms with E-state index in [9.17, 15) is 9.59 Å². The fourth-order valence-electron chi connectivity index (χ4n) is 4.64. The number of rotatable bonds is 6. The lowest BCUT2D eigenvalue weighted by Gasteiger charge is -2.40. The van der Waals surface area contributed by atoms with Crippen LogP contribution in [0.2, 0.25) is 0 Å². The van der Waals surface area contributed by atoms with E-state index in [1.54, 1.807) is 43.5 Å². The standard InChI is InChI=1S/C32H26N2O3S/c1-22(27-16-9-14-24-13-6-7-15-28(24)27)33-30(35)29(17-8-12-23-10-4-3-5-11-23)31(36)34(32(33)38)25-18-20-26(37-2)21-19-25/h3-22H,1-2H3/b12-8+,29-17-. The summed E-state index contributed by atoms with van der Waals surface area (Å²) >= 11 is 5.82. The van der Waals surface area contributed by atoms with E-state index >= 15 is 0 Å². The number of benzene rings is 4. The minimum absolute atomic E-state index is 0.0358. The lowest BCUT2D eigenvalue weighted by molar-refractivity contribution is -0.129. The van der Waals surface area contributed by atoms with Gasteiger partial charge in [0, 0.05) is 0 Å². The van der Waals surface area contributed by atoms with Crippen molar-refractivity contribution in [3.8, 4) is 5.75 Å². The summed E-state index contributed by atoms with van der Waals surface area (Å²) in [5.74, 6) is -0.241. The number of anilines is 1. The fourth-order valence-corrected chi connectivity index (χ4v) is 5.07. The van der Waals surface area contributed by atoms with Crippen LogP contribution >= 0.6 is 12.2 Å². The largest absolute Gasteiger partial charge is 0.497 e. The molecule has 1 aliphatic rings. The lowest BCUT2D eigenvalue weighted by atomic mass is 9.97. The van der Waals surface area contributed by atoms with E-state index in [-0.39, 0.29) is 10.7 Å². The molecule has 0 saturated carbocycles. The lowest BCUT2D eigenvalue weighted by Crippen LogP contribution is -2.57. The Morgan fingerprint density at radius 3 is 2.24 bits per heavy atom. The predicted molar refractivity (Wildman–Crippen MR) is 156 cm³/mol. The average molecular weight is 519 g/mol. The third-order valence-corrected chi connectivity index (χ3v) is 7.00. The van der Waals surface area contributed by atoms with Crippen LogP contribution in [0.5, 0.6) is 5.75 Å². The van der Waals surface area contributed by atoms with Gasteiger partial charge in [0.05, 0.1) is 18.8 Å². The first kappa shape index (κ1) is 25.1. The van der Waals surface area contributed by atoms with Crippen LogP contribution in [0.25, 0.3) is 16.8 Å². The molecule has 1 atom stereocenters. The molecule has 1 fully saturated rings. The van der Waals surface area contributed by atoms with Crippen LogP contribution in [0.3, 0.4) is 0 Å². The van der Waals surface area contributed by atoms with Crippen molar-refractivity contribution < 1.29 is 14.3 Å². The predicted octanol–water partition coefficient (Wildman–Crippen LogP) is 6.71. The number of thiocarbonyl (C=S) groups is 1. The molecule has 1 unspecified atom stereocenters. The number of ether oxygens (including phenoxy) is 1. The van der Waals surface area contributed by atoms with Gasteiger partial charge in [-0.05, 0) is 71.4 Å². The van der Waals surface area contributed by atoms with Crippen molar-refractivity contribution in [2.45, 2.75) is 13.0 Å². The molecule has 0 bridgehead atoms. The number of amides is 2. The van der Waals surface area contributed by atoms with E-state index in [0.29, 0.717) is 11.4 Å². The van der Waals surface area contributed by atoms with Crippen LogP contribution in [0.1, 0.15) is 24.1 Å². The highest BCUT2D eigenvalue weighted by Crippen LogP contribution is 2.34. The third kappa shape index (κ3) is 4.74. The van der Waals surface area contributed by atoms with E-state index in [1.165, 1.54) is 9.80 Å². The molecule has 4 aromatic carbocycles. The first-order valence-electron chi connectivity index (χ1n) is 12.3. The Hall–Kier alpha value is -4.55. The highest BCUT2D eigenvalue weighted by molar-refractivity contribution is 7.80. The molecular weight excluding hydrogens is 492 g/mol. The Balaban J connectivity index is 1.60. The smallest absolute Gasteiger partial charge is 0.270 e. The molecule has 5 nitrogen and oxygen atoms in total. The second-order valence-corrected chi connectivity index (χ2v) is 9.26. The number of carbonyl (C=O) groups excluding carboxylic acids is 2. The van der Waals surface area contributed by atoms with Gasteiger partial charge >= 0.3 is 0 Å². The maximum atomic E-state index is 13.9. The first-order valence-corrected chi connectivity index (χ1v) is 12.7. The molecule has 188 valence electrons. The molecule has 0 N–H and O–H groups in total. The van der Waals surface area contributed by atoms with Gasteiger partial charge in [0.15, 0.2) is 5.11 Å². The first-order chi connectivity index (χ1) is 18.5. The monoisotopic (exact) mass is 518 g/mol. The van der Waals surface area contributed by atoms with Crippen LogP contribution < -0.4 is 9.64 Å². The minimum Gasteiger partial charge on any atom is -0.497 e. The van der Waals surface area contributed by atoms with Crippen molar-refractivity contribution in [1.82, 2.24) is 4.90 Å². The van der Waals surface area contributed by atoms with Gasteiger partial charge in [-0.1, -0.05) is 84.9 Å². The molecule has 1 saturated heterocycles. The van der Waals surface area contributed by atoms with Crippen molar-refractivity contribution in [1.29, 1.82) is 0 Å². The van der Waals surface area contributed by atoms with E-state index in [2.05, 4.69) is 0 Å². The molecule has 6 heteroatoms. The Bertz CT molecular complexity index is 1570. The molecule has 5 rings (SSSR count). The van der Waals surface area contributed by atoms with Crippen molar-refractivity contribution in [3.63, 3.8) is 0 Å². The molecule has 0 aliphatic carbocycles. The van der Waals surface area contributed by atoms with E-state index in [4.69, 9.17) is 17.0 Å². The summed E-state index contributed by atoms with van der Waals surface area (Å²) in [7, 11) is 1.58. The summed E-state index contributed by atoms with van der Waals surface area (Å²) in [6.07, 6.45) is 5.15. The molecule has 0 spiro atoms. The summed E-state index contributed by atoms with van der Waals surface area (Å²) in [5.41, 5.74) is 2.50. The van der Waals surface area contributed by atoms with E-state index in [1.807, 2.05) is 85.8 Å². The highest BCUT2D eigenvalue weighted by Gasteiger charge is 2.42. The second kappa shape index (κ2) is 10.8. The second-order valence-electron chi connectivity index (χ2n) is 8.89. The molecule has 2 amide bonds. The quantitative estimate of drug-likeness (QED) is 0.162. The number of nitrogens with zero attached hydrogens (tertiary/aromatic N) is 2. The summed E-state index contributed by atoms with van der Waals surface area (Å²) in [6, 6.07) is 30.4. The SMILES string of the molecule is COc1ccc(N2C(=O)/C(=C\C=C\c3ccccc3)C(=O)N(C(C)c3cccc4ccccc34)C2=S)cc1. The summed E-state index contributed by atoms with van der Waals surface area (Å²) < 4.78 is 5.28. The molecule has 0 radical (unpaired) electrons. The summed E-state index contributed by atoms with van der Waals surface area (Å²) in [5, 5.41) is 2.23. The molecule has 38 heavy (non-hydrogen) atoms. The average Bonchev–Trinajstić information content (AvgIpc) is 2.95. The Morgan fingerprint density at radius 2 is 1.50 bits per heavy atom. The van der Waals surface area contributed by atoms with Crippen molar-refractivity contribution >= 4 is 51.7 Å². The number of hydrogen-bond donors (Lipinski definition) is 0. The van der Waals surface area contributed by atoms with Crippen LogP contribution in [0.4, 0.5) is 5.69 Å². The molecule has 1 heterocycles. The number of carbonyl (C=O) groups is 2. The molecule has 0 aromatic heterocycles. The minimum atomic E-state index is -0.468. The van der Waals surface area contributed by atoms with Crippen molar-refractivity contribution in [2.24, 2.45) is 0 Å². The normalized spacial score (nSPS) is 16.1. The van der Waals surface area contributed by atoms with Crippen LogP contribution in [0.15, 0.2) is 115 Å². The van der Waals surface area contributed by atoms with Gasteiger partial charge in [-0.2, -0.15) is 0 Å². The van der Waals surface area contributed by atoms with Crippen molar-refractivity contribution in [2.75, 3.05) is 12.0 Å². The number of hydrogen-bond acceptors (Lipinski definition) is 4.